The molecule has 0 spiro atoms. The van der Waals surface area contributed by atoms with Gasteiger partial charge in [-0.2, -0.15) is 0 Å². The van der Waals surface area contributed by atoms with Crippen LogP contribution in [0.15, 0.2) is 24.3 Å². The first kappa shape index (κ1) is 10.8. The maximum absolute atomic E-state index is 11.5. The zero-order valence-electron chi connectivity index (χ0n) is 8.67. The molecule has 1 atom stereocenters. The van der Waals surface area contributed by atoms with Gasteiger partial charge in [0, 0.05) is 12.3 Å². The van der Waals surface area contributed by atoms with E-state index in [0.717, 1.165) is 0 Å². The number of hydrogen-bond acceptors (Lipinski definition) is 4. The second-order valence-corrected chi connectivity index (χ2v) is 3.63. The fraction of sp³-hybridized carbons (Fsp3) is 0.364. The van der Waals surface area contributed by atoms with E-state index in [9.17, 15) is 4.79 Å². The van der Waals surface area contributed by atoms with Crippen LogP contribution in [0.25, 0.3) is 0 Å². The lowest BCUT2D eigenvalue weighted by Crippen LogP contribution is -2.33. The van der Waals surface area contributed by atoms with Gasteiger partial charge in [-0.1, -0.05) is 0 Å². The Balaban J connectivity index is 2.22. The summed E-state index contributed by atoms with van der Waals surface area (Å²) < 4.78 is 4.93. The maximum Gasteiger partial charge on any atom is 0.414 e. The molecule has 16 heavy (non-hydrogen) atoms. The molecule has 5 heteroatoms. The number of carbonyl (C=O) groups excluding carboxylic acids is 1. The number of anilines is 1. The third-order valence-corrected chi connectivity index (χ3v) is 2.55. The zero-order valence-corrected chi connectivity index (χ0v) is 8.67. The average Bonchev–Trinajstić information content (AvgIpc) is 2.62. The van der Waals surface area contributed by atoms with Crippen LogP contribution in [0.4, 0.5) is 10.5 Å². The van der Waals surface area contributed by atoms with Gasteiger partial charge in [0.2, 0.25) is 0 Å². The largest absolute Gasteiger partial charge is 0.508 e. The molecular formula is C11H13NO4. The number of aliphatic hydroxyl groups excluding tert-OH is 1. The summed E-state index contributed by atoms with van der Waals surface area (Å²) in [6, 6.07) is 6.17. The Bertz CT molecular complexity index is 376. The first-order chi connectivity index (χ1) is 7.72. The fourth-order valence-corrected chi connectivity index (χ4v) is 1.75. The molecule has 1 fully saturated rings. The Morgan fingerprint density at radius 3 is 2.69 bits per heavy atom. The summed E-state index contributed by atoms with van der Waals surface area (Å²) in [7, 11) is 0. The van der Waals surface area contributed by atoms with E-state index in [1.807, 2.05) is 0 Å². The lowest BCUT2D eigenvalue weighted by Gasteiger charge is -2.20. The molecule has 0 aliphatic carbocycles. The molecular weight excluding hydrogens is 210 g/mol. The van der Waals surface area contributed by atoms with Crippen molar-refractivity contribution < 1.29 is 19.7 Å². The third-order valence-electron chi connectivity index (χ3n) is 2.55. The molecule has 1 aliphatic rings. The highest BCUT2D eigenvalue weighted by Crippen LogP contribution is 2.26. The van der Waals surface area contributed by atoms with Crippen molar-refractivity contribution in [3.63, 3.8) is 0 Å². The molecule has 0 saturated carbocycles. The van der Waals surface area contributed by atoms with E-state index in [1.54, 1.807) is 12.1 Å². The number of carbonyl (C=O) groups is 1. The van der Waals surface area contributed by atoms with Gasteiger partial charge in [-0.25, -0.2) is 4.79 Å². The van der Waals surface area contributed by atoms with Gasteiger partial charge >= 0.3 is 6.09 Å². The molecule has 1 amide bonds. The van der Waals surface area contributed by atoms with Crippen LogP contribution in [0, 0.1) is 0 Å². The highest BCUT2D eigenvalue weighted by Gasteiger charge is 2.33. The second-order valence-electron chi connectivity index (χ2n) is 3.63. The number of phenols is 1. The Morgan fingerprint density at radius 1 is 1.38 bits per heavy atom. The molecule has 1 saturated heterocycles. The Kier molecular flexibility index (Phi) is 2.96. The minimum absolute atomic E-state index is 0.00981. The highest BCUT2D eigenvalue weighted by atomic mass is 16.6. The number of aromatic hydroxyl groups is 1. The van der Waals surface area contributed by atoms with E-state index in [0.29, 0.717) is 18.7 Å². The predicted octanol–water partition coefficient (Wildman–Crippen LogP) is 1.10. The molecule has 2 rings (SSSR count). The highest BCUT2D eigenvalue weighted by molar-refractivity contribution is 5.90. The van der Waals surface area contributed by atoms with Crippen molar-refractivity contribution in [1.82, 2.24) is 0 Å². The predicted molar refractivity (Wildman–Crippen MR) is 57.4 cm³/mol. The van der Waals surface area contributed by atoms with Crippen molar-refractivity contribution >= 4 is 11.8 Å². The van der Waals surface area contributed by atoms with Crippen LogP contribution in [-0.2, 0) is 4.74 Å². The number of benzene rings is 1. The van der Waals surface area contributed by atoms with Gasteiger partial charge in [-0.05, 0) is 30.7 Å². The van der Waals surface area contributed by atoms with Crippen LogP contribution in [0.5, 0.6) is 5.75 Å². The van der Waals surface area contributed by atoms with Gasteiger partial charge in [0.25, 0.3) is 0 Å². The molecule has 1 unspecified atom stereocenters. The van der Waals surface area contributed by atoms with E-state index in [-0.39, 0.29) is 18.4 Å². The Hall–Kier alpha value is -1.75. The van der Waals surface area contributed by atoms with Crippen LogP contribution >= 0.6 is 0 Å². The minimum atomic E-state index is -0.413. The molecule has 1 aromatic carbocycles. The van der Waals surface area contributed by atoms with Crippen LogP contribution < -0.4 is 4.90 Å². The smallest absolute Gasteiger partial charge is 0.414 e. The number of rotatable bonds is 3. The van der Waals surface area contributed by atoms with E-state index in [1.165, 1.54) is 17.0 Å². The minimum Gasteiger partial charge on any atom is -0.508 e. The molecule has 5 nitrogen and oxygen atoms in total. The molecule has 86 valence electrons. The monoisotopic (exact) mass is 223 g/mol. The normalized spacial score (nSPS) is 19.9. The topological polar surface area (TPSA) is 70.0 Å². The molecule has 0 bridgehead atoms. The number of ether oxygens (including phenoxy) is 1. The molecule has 1 aliphatic heterocycles. The quantitative estimate of drug-likeness (QED) is 0.805. The SMILES string of the molecule is O=C1OCC(CCO)N1c1ccc(O)cc1. The summed E-state index contributed by atoms with van der Waals surface area (Å²) in [6.07, 6.45) is 0.0660. The fourth-order valence-electron chi connectivity index (χ4n) is 1.75. The molecule has 0 aromatic heterocycles. The van der Waals surface area contributed by atoms with E-state index < -0.39 is 6.09 Å². The lowest BCUT2D eigenvalue weighted by molar-refractivity contribution is 0.176. The summed E-state index contributed by atoms with van der Waals surface area (Å²) in [5, 5.41) is 18.0. The zero-order chi connectivity index (χ0) is 11.5. The van der Waals surface area contributed by atoms with Gasteiger partial charge < -0.3 is 14.9 Å². The average molecular weight is 223 g/mol. The summed E-state index contributed by atoms with van der Waals surface area (Å²) >= 11 is 0. The van der Waals surface area contributed by atoms with Crippen molar-refractivity contribution in [3.05, 3.63) is 24.3 Å². The van der Waals surface area contributed by atoms with Crippen LogP contribution in [0.2, 0.25) is 0 Å². The Morgan fingerprint density at radius 2 is 2.06 bits per heavy atom. The molecule has 1 aromatic rings. The summed E-state index contributed by atoms with van der Waals surface area (Å²) in [5.41, 5.74) is 0.666. The first-order valence-corrected chi connectivity index (χ1v) is 5.08. The molecule has 0 radical (unpaired) electrons. The van der Waals surface area contributed by atoms with Crippen molar-refractivity contribution in [2.45, 2.75) is 12.5 Å². The first-order valence-electron chi connectivity index (χ1n) is 5.08. The number of phenolic OH excluding ortho intramolecular Hbond substituents is 1. The number of amides is 1. The molecule has 1 heterocycles. The van der Waals surface area contributed by atoms with Gasteiger partial charge in [-0.3, -0.25) is 4.90 Å². The summed E-state index contributed by atoms with van der Waals surface area (Å²) in [4.78, 5) is 13.0. The summed E-state index contributed by atoms with van der Waals surface area (Å²) in [5.74, 6) is 0.148. The Labute approximate surface area is 92.9 Å². The third kappa shape index (κ3) is 1.94. The van der Waals surface area contributed by atoms with Crippen LogP contribution in [0.1, 0.15) is 6.42 Å². The van der Waals surface area contributed by atoms with Gasteiger partial charge in [-0.15, -0.1) is 0 Å². The van der Waals surface area contributed by atoms with Crippen LogP contribution in [0.3, 0.4) is 0 Å². The van der Waals surface area contributed by atoms with Crippen molar-refractivity contribution in [3.8, 4) is 5.75 Å². The van der Waals surface area contributed by atoms with Crippen LogP contribution in [-0.4, -0.2) is 35.6 Å². The van der Waals surface area contributed by atoms with E-state index >= 15 is 0 Å². The van der Waals surface area contributed by atoms with E-state index in [2.05, 4.69) is 0 Å². The van der Waals surface area contributed by atoms with Crippen molar-refractivity contribution in [2.24, 2.45) is 0 Å². The van der Waals surface area contributed by atoms with Crippen molar-refractivity contribution in [2.75, 3.05) is 18.1 Å². The standard InChI is InChI=1S/C11H13NO4/c13-6-5-9-7-16-11(15)12(9)8-1-3-10(14)4-2-8/h1-4,9,13-14H,5-7H2. The van der Waals surface area contributed by atoms with E-state index in [4.69, 9.17) is 14.9 Å². The van der Waals surface area contributed by atoms with Crippen molar-refractivity contribution in [1.29, 1.82) is 0 Å². The lowest BCUT2D eigenvalue weighted by atomic mass is 10.2. The number of cyclic esters (lactones) is 1. The molecule has 2 N–H and O–H groups in total. The second kappa shape index (κ2) is 4.40. The van der Waals surface area contributed by atoms with Gasteiger partial charge in [0.05, 0.1) is 6.04 Å². The number of aliphatic hydroxyl groups is 1. The van der Waals surface area contributed by atoms with Gasteiger partial charge in [0.1, 0.15) is 12.4 Å². The number of hydrogen-bond donors (Lipinski definition) is 2. The number of nitrogens with zero attached hydrogens (tertiary/aromatic N) is 1. The van der Waals surface area contributed by atoms with Gasteiger partial charge in [0.15, 0.2) is 0 Å². The summed E-state index contributed by atoms with van der Waals surface area (Å²) in [6.45, 7) is 0.302. The maximum atomic E-state index is 11.5.